The second-order valence-electron chi connectivity index (χ2n) is 11.5. The summed E-state index contributed by atoms with van der Waals surface area (Å²) < 4.78 is 5.07. The van der Waals surface area contributed by atoms with E-state index in [0.29, 0.717) is 36.3 Å². The molecule has 0 spiro atoms. The Hall–Kier alpha value is -4.76. The van der Waals surface area contributed by atoms with Crippen molar-refractivity contribution in [2.45, 2.75) is 62.6 Å². The van der Waals surface area contributed by atoms with Crippen molar-refractivity contribution < 1.29 is 18.9 Å². The molecule has 0 radical (unpaired) electrons. The Balaban J connectivity index is 1.43. The van der Waals surface area contributed by atoms with Crippen LogP contribution < -0.4 is 22.5 Å². The van der Waals surface area contributed by atoms with E-state index < -0.39 is 29.0 Å². The van der Waals surface area contributed by atoms with Gasteiger partial charge >= 0.3 is 5.76 Å². The molecule has 6 rings (SSSR count). The van der Waals surface area contributed by atoms with E-state index in [1.54, 1.807) is 29.2 Å². The van der Waals surface area contributed by atoms with Gasteiger partial charge in [0.1, 0.15) is 6.04 Å². The molecule has 2 heterocycles. The molecule has 1 unspecified atom stereocenters. The monoisotopic (exact) mass is 569 g/mol. The standard InChI is InChI=1S/C30H31N7O5/c1-15(34-14-25(38)37-21(13-31)10-20-11-24(20)37)12-30(28-35-29(41)42-36-28)22-6-4-18(26(32)39)8-16(22)2-3-17-9-19(27(33)40)5-7-23(17)30/h4-9,15,20-21,24,34H,2-3,10-12,14H2,1H3,(H2,32,39)(H2,33,40)(H,35,36,41)/t15-,20+,21?,24-/m0/s1. The summed E-state index contributed by atoms with van der Waals surface area (Å²) in [4.78, 5) is 55.6. The van der Waals surface area contributed by atoms with Crippen molar-refractivity contribution >= 4 is 17.7 Å². The number of nitriles is 1. The van der Waals surface area contributed by atoms with E-state index >= 15 is 0 Å². The number of aromatic nitrogens is 2. The third kappa shape index (κ3) is 4.55. The number of piperidine rings is 1. The molecular formula is C30H31N7O5. The van der Waals surface area contributed by atoms with Crippen molar-refractivity contribution in [1.29, 1.82) is 5.26 Å². The van der Waals surface area contributed by atoms with Crippen molar-refractivity contribution in [3.8, 4) is 6.07 Å². The second kappa shape index (κ2) is 10.3. The number of amides is 3. The van der Waals surface area contributed by atoms with Gasteiger partial charge in [0.25, 0.3) is 0 Å². The molecule has 3 aliphatic rings. The average molecular weight is 570 g/mol. The highest BCUT2D eigenvalue weighted by molar-refractivity contribution is 5.94. The number of likely N-dealkylation sites (tertiary alicyclic amines) is 1. The van der Waals surface area contributed by atoms with Crippen LogP contribution in [0.2, 0.25) is 0 Å². The fraction of sp³-hybridized carbons (Fsp3) is 0.400. The van der Waals surface area contributed by atoms with Gasteiger partial charge in [-0.2, -0.15) is 10.2 Å². The number of fused-ring (bicyclic) bond motifs is 3. The van der Waals surface area contributed by atoms with Crippen molar-refractivity contribution in [3.63, 3.8) is 0 Å². The van der Waals surface area contributed by atoms with Gasteiger partial charge in [0.05, 0.1) is 18.0 Å². The lowest BCUT2D eigenvalue weighted by Gasteiger charge is -2.37. The minimum absolute atomic E-state index is 0.0366. The maximum Gasteiger partial charge on any atom is 0.459 e. The molecule has 1 saturated heterocycles. The summed E-state index contributed by atoms with van der Waals surface area (Å²) in [5.41, 5.74) is 14.0. The van der Waals surface area contributed by atoms with E-state index in [4.69, 9.17) is 16.0 Å². The van der Waals surface area contributed by atoms with Crippen LogP contribution >= 0.6 is 0 Å². The van der Waals surface area contributed by atoms with Gasteiger partial charge in [0.2, 0.25) is 17.7 Å². The molecular weight excluding hydrogens is 538 g/mol. The van der Waals surface area contributed by atoms with Crippen molar-refractivity contribution in [3.05, 3.63) is 86.2 Å². The Bertz CT molecular complexity index is 1640. The molecule has 6 N–H and O–H groups in total. The molecule has 12 heteroatoms. The van der Waals surface area contributed by atoms with Crippen LogP contribution in [0.15, 0.2) is 45.7 Å². The number of carbonyl (C=O) groups is 3. The molecule has 42 heavy (non-hydrogen) atoms. The van der Waals surface area contributed by atoms with Crippen molar-refractivity contribution in [1.82, 2.24) is 20.4 Å². The predicted molar refractivity (Wildman–Crippen MR) is 149 cm³/mol. The minimum Gasteiger partial charge on any atom is -0.366 e. The summed E-state index contributed by atoms with van der Waals surface area (Å²) in [5, 5.41) is 15.6. The number of nitrogens with zero attached hydrogens (tertiary/aromatic N) is 3. The van der Waals surface area contributed by atoms with Gasteiger partial charge in [-0.15, -0.1) is 0 Å². The number of aromatic amines is 1. The zero-order chi connectivity index (χ0) is 29.8. The lowest BCUT2D eigenvalue weighted by atomic mass is 9.67. The first-order valence-corrected chi connectivity index (χ1v) is 14.0. The summed E-state index contributed by atoms with van der Waals surface area (Å²) >= 11 is 0. The molecule has 1 aliphatic heterocycles. The SMILES string of the molecule is C[C@@H](CC1(c2nc(=O)o[nH]2)c2ccc(C(N)=O)cc2CCc2cc(C(N)=O)ccc21)NCC(=O)N1C(C#N)C[C@@H]2C[C@@H]21. The van der Waals surface area contributed by atoms with E-state index in [1.165, 1.54) is 0 Å². The quantitative estimate of drug-likeness (QED) is 0.306. The van der Waals surface area contributed by atoms with Crippen molar-refractivity contribution in [2.24, 2.45) is 17.4 Å². The highest BCUT2D eigenvalue weighted by atomic mass is 16.5. The first-order valence-electron chi connectivity index (χ1n) is 14.0. The summed E-state index contributed by atoms with van der Waals surface area (Å²) in [6.07, 6.45) is 3.02. The third-order valence-electron chi connectivity index (χ3n) is 8.96. The maximum absolute atomic E-state index is 13.2. The molecule has 1 aromatic heterocycles. The van der Waals surface area contributed by atoms with Crippen LogP contribution in [0.25, 0.3) is 0 Å². The molecule has 2 aliphatic carbocycles. The number of benzene rings is 2. The molecule has 2 aromatic carbocycles. The molecule has 3 aromatic rings. The van der Waals surface area contributed by atoms with E-state index in [2.05, 4.69) is 21.5 Å². The molecule has 216 valence electrons. The summed E-state index contributed by atoms with van der Waals surface area (Å²) in [7, 11) is 0. The molecule has 2 fully saturated rings. The van der Waals surface area contributed by atoms with E-state index in [-0.39, 0.29) is 30.4 Å². The lowest BCUT2D eigenvalue weighted by molar-refractivity contribution is -0.131. The Morgan fingerprint density at radius 2 is 1.74 bits per heavy atom. The highest BCUT2D eigenvalue weighted by Crippen LogP contribution is 2.48. The smallest absolute Gasteiger partial charge is 0.366 e. The number of H-pyrrole nitrogens is 1. The number of nitrogens with one attached hydrogen (secondary N) is 2. The van der Waals surface area contributed by atoms with Gasteiger partial charge in [0.15, 0.2) is 5.82 Å². The average Bonchev–Trinajstić information content (AvgIpc) is 3.46. The van der Waals surface area contributed by atoms with Crippen LogP contribution in [-0.4, -0.2) is 57.4 Å². The highest BCUT2D eigenvalue weighted by Gasteiger charge is 2.54. The van der Waals surface area contributed by atoms with Crippen molar-refractivity contribution in [2.75, 3.05) is 6.54 Å². The Kier molecular flexibility index (Phi) is 6.69. The predicted octanol–water partition coefficient (Wildman–Crippen LogP) is 0.875. The fourth-order valence-corrected chi connectivity index (χ4v) is 6.95. The van der Waals surface area contributed by atoms with E-state index in [9.17, 15) is 24.4 Å². The largest absolute Gasteiger partial charge is 0.459 e. The molecule has 0 bridgehead atoms. The zero-order valence-corrected chi connectivity index (χ0v) is 23.1. The van der Waals surface area contributed by atoms with Crippen LogP contribution in [0.1, 0.15) is 75.0 Å². The third-order valence-corrected chi connectivity index (χ3v) is 8.96. The van der Waals surface area contributed by atoms with Gasteiger partial charge in [0, 0.05) is 23.2 Å². The first kappa shape index (κ1) is 27.4. The van der Waals surface area contributed by atoms with Crippen LogP contribution in [0.4, 0.5) is 0 Å². The number of nitrogens with two attached hydrogens (primary N) is 2. The normalized spacial score (nSPS) is 22.2. The maximum atomic E-state index is 13.2. The topological polar surface area (TPSA) is 201 Å². The Morgan fingerprint density at radius 1 is 1.12 bits per heavy atom. The fourth-order valence-electron chi connectivity index (χ4n) is 6.95. The number of rotatable bonds is 8. The second-order valence-corrected chi connectivity index (χ2v) is 11.5. The van der Waals surface area contributed by atoms with Gasteiger partial charge < -0.3 is 26.2 Å². The number of carbonyl (C=O) groups excluding carboxylic acids is 3. The lowest BCUT2D eigenvalue weighted by Crippen LogP contribution is -2.46. The van der Waals surface area contributed by atoms with Crippen LogP contribution in [0.5, 0.6) is 0 Å². The molecule has 3 amide bonds. The number of hydrogen-bond donors (Lipinski definition) is 4. The number of aryl methyl sites for hydroxylation is 2. The van der Waals surface area contributed by atoms with Crippen LogP contribution in [0.3, 0.4) is 0 Å². The zero-order valence-electron chi connectivity index (χ0n) is 23.1. The number of hydrogen-bond acceptors (Lipinski definition) is 8. The van der Waals surface area contributed by atoms with E-state index in [1.807, 2.05) is 19.1 Å². The Morgan fingerprint density at radius 3 is 2.26 bits per heavy atom. The Labute approximate surface area is 241 Å². The van der Waals surface area contributed by atoms with Gasteiger partial charge in [-0.3, -0.25) is 14.4 Å². The summed E-state index contributed by atoms with van der Waals surface area (Å²) in [6.45, 7) is 1.97. The minimum atomic E-state index is -1.10. The van der Waals surface area contributed by atoms with Gasteiger partial charge in [-0.05, 0) is 91.5 Å². The van der Waals surface area contributed by atoms with Crippen LogP contribution in [-0.2, 0) is 23.1 Å². The first-order chi connectivity index (χ1) is 20.1. The van der Waals surface area contributed by atoms with Crippen LogP contribution in [0, 0.1) is 17.2 Å². The molecule has 4 atom stereocenters. The number of primary amides is 2. The molecule has 1 saturated carbocycles. The van der Waals surface area contributed by atoms with Gasteiger partial charge in [-0.1, -0.05) is 12.1 Å². The molecule has 12 nitrogen and oxygen atoms in total. The van der Waals surface area contributed by atoms with E-state index in [0.717, 1.165) is 35.1 Å². The van der Waals surface area contributed by atoms with Gasteiger partial charge in [-0.25, -0.2) is 9.95 Å². The summed E-state index contributed by atoms with van der Waals surface area (Å²) in [6, 6.07) is 12.1. The summed E-state index contributed by atoms with van der Waals surface area (Å²) in [5.74, 6) is -1.40.